The Bertz CT molecular complexity index is 3430. The minimum atomic E-state index is 0.240. The highest BCUT2D eigenvalue weighted by Crippen LogP contribution is 2.40. The number of aromatic nitrogens is 5. The van der Waals surface area contributed by atoms with Gasteiger partial charge in [-0.1, -0.05) is 164 Å². The topological polar surface area (TPSA) is 48.5 Å². The lowest BCUT2D eigenvalue weighted by atomic mass is 9.86. The van der Waals surface area contributed by atoms with Gasteiger partial charge in [-0.25, -0.2) is 15.0 Å². The van der Waals surface area contributed by atoms with Crippen LogP contribution in [0.25, 0.3) is 95.5 Å². The molecule has 8 aromatic carbocycles. The van der Waals surface area contributed by atoms with Crippen LogP contribution in [0.3, 0.4) is 0 Å². The van der Waals surface area contributed by atoms with E-state index in [-0.39, 0.29) is 5.92 Å². The Morgan fingerprint density at radius 3 is 1.63 bits per heavy atom. The molecule has 0 fully saturated rings. The average Bonchev–Trinajstić information content (AvgIpc) is 3.87. The third kappa shape index (κ3) is 6.13. The maximum absolute atomic E-state index is 5.02. The largest absolute Gasteiger partial charge is 0.310 e. The number of fused-ring (bicyclic) bond motifs is 6. The van der Waals surface area contributed by atoms with E-state index < -0.39 is 0 Å². The molecule has 3 heterocycles. The lowest BCUT2D eigenvalue weighted by Gasteiger charge is -2.20. The molecule has 0 amide bonds. The van der Waals surface area contributed by atoms with Crippen LogP contribution in [0.15, 0.2) is 212 Å². The van der Waals surface area contributed by atoms with Crippen LogP contribution in [0.4, 0.5) is 0 Å². The van der Waals surface area contributed by atoms with E-state index in [2.05, 4.69) is 167 Å². The van der Waals surface area contributed by atoms with Gasteiger partial charge in [-0.2, -0.15) is 0 Å². The molecule has 11 aromatic rings. The molecule has 0 N–H and O–H groups in total. The smallest absolute Gasteiger partial charge is 0.164 e. The summed E-state index contributed by atoms with van der Waals surface area (Å²) in [6, 6.07) is 73.1. The van der Waals surface area contributed by atoms with Crippen molar-refractivity contribution in [3.63, 3.8) is 0 Å². The number of rotatable bonds is 7. The SMILES string of the molecule is C1=CC(c2cccc(-n3c4ccccc4c4ccc(-c5cccc(-c6nc(-c7ccccc7)nc(-c7ccccc7)n6)c5)cc43)c2)Cc2c1n(-c1ccccc1)c1ccccc21. The Morgan fingerprint density at radius 1 is 0.371 bits per heavy atom. The molecule has 1 aliphatic carbocycles. The van der Waals surface area contributed by atoms with Crippen LogP contribution in [0.1, 0.15) is 22.7 Å². The summed E-state index contributed by atoms with van der Waals surface area (Å²) in [7, 11) is 0. The second-order valence-corrected chi connectivity index (χ2v) is 16.0. The Morgan fingerprint density at radius 2 is 0.903 bits per heavy atom. The van der Waals surface area contributed by atoms with Crippen molar-refractivity contribution in [2.24, 2.45) is 0 Å². The van der Waals surface area contributed by atoms with Crippen LogP contribution in [0, 0.1) is 0 Å². The lowest BCUT2D eigenvalue weighted by Crippen LogP contribution is -2.08. The zero-order valence-corrected chi connectivity index (χ0v) is 33.8. The van der Waals surface area contributed by atoms with Crippen LogP contribution >= 0.6 is 0 Å². The molecule has 3 aromatic heterocycles. The lowest BCUT2D eigenvalue weighted by molar-refractivity contribution is 0.824. The van der Waals surface area contributed by atoms with E-state index in [4.69, 9.17) is 15.0 Å². The van der Waals surface area contributed by atoms with E-state index in [1.165, 1.54) is 49.7 Å². The summed E-state index contributed by atoms with van der Waals surface area (Å²) in [5, 5.41) is 3.77. The zero-order valence-electron chi connectivity index (χ0n) is 33.8. The van der Waals surface area contributed by atoms with E-state index in [9.17, 15) is 0 Å². The molecule has 0 spiro atoms. The van der Waals surface area contributed by atoms with Crippen LogP contribution in [-0.2, 0) is 6.42 Å². The number of hydrogen-bond acceptors (Lipinski definition) is 3. The summed E-state index contributed by atoms with van der Waals surface area (Å²) in [4.78, 5) is 15.0. The van der Waals surface area contributed by atoms with Crippen molar-refractivity contribution in [3.8, 4) is 56.7 Å². The third-order valence-electron chi connectivity index (χ3n) is 12.3. The van der Waals surface area contributed by atoms with Gasteiger partial charge in [0, 0.05) is 55.8 Å². The van der Waals surface area contributed by atoms with Gasteiger partial charge in [-0.15, -0.1) is 0 Å². The molecule has 5 nitrogen and oxygen atoms in total. The molecular weight excluding hydrogens is 755 g/mol. The highest BCUT2D eigenvalue weighted by atomic mass is 15.0. The first-order valence-corrected chi connectivity index (χ1v) is 21.2. The molecule has 1 aliphatic rings. The van der Waals surface area contributed by atoms with Crippen molar-refractivity contribution in [1.82, 2.24) is 24.1 Å². The van der Waals surface area contributed by atoms with Gasteiger partial charge in [0.15, 0.2) is 17.5 Å². The maximum atomic E-state index is 5.02. The summed E-state index contributed by atoms with van der Waals surface area (Å²) in [6.07, 6.45) is 5.67. The molecular formula is C57H39N5. The summed E-state index contributed by atoms with van der Waals surface area (Å²) in [6.45, 7) is 0. The number of nitrogens with zero attached hydrogens (tertiary/aromatic N) is 5. The molecule has 0 radical (unpaired) electrons. The van der Waals surface area contributed by atoms with E-state index >= 15 is 0 Å². The molecule has 292 valence electrons. The number of para-hydroxylation sites is 3. The fourth-order valence-electron chi connectivity index (χ4n) is 9.39. The van der Waals surface area contributed by atoms with E-state index in [0.29, 0.717) is 17.5 Å². The molecule has 0 bridgehead atoms. The first-order valence-electron chi connectivity index (χ1n) is 21.2. The van der Waals surface area contributed by atoms with Gasteiger partial charge >= 0.3 is 0 Å². The standard InChI is InChI=1S/C57H39N5/c1-4-16-38(17-5-1)55-58-56(39-18-6-2-7-19-39)60-57(59-55)44-22-14-20-40(34-44)43-30-32-49-47-26-10-12-28-51(47)62(54(49)37-43)46-25-15-21-41(35-46)42-31-33-53-50(36-42)48-27-11-13-29-52(48)61(53)45-23-8-3-9-24-45/h1-35,37,42H,36H2. The van der Waals surface area contributed by atoms with Crippen molar-refractivity contribution < 1.29 is 0 Å². The highest BCUT2D eigenvalue weighted by Gasteiger charge is 2.24. The number of allylic oxidation sites excluding steroid dienone is 1. The van der Waals surface area contributed by atoms with Crippen molar-refractivity contribution in [2.75, 3.05) is 0 Å². The number of benzene rings is 8. The fraction of sp³-hybridized carbons (Fsp3) is 0.0351. The average molecular weight is 794 g/mol. The Labute approximate surface area is 359 Å². The summed E-state index contributed by atoms with van der Waals surface area (Å²) in [5.41, 5.74) is 15.0. The third-order valence-corrected chi connectivity index (χ3v) is 12.3. The minimum absolute atomic E-state index is 0.240. The van der Waals surface area contributed by atoms with Crippen LogP contribution in [0.2, 0.25) is 0 Å². The summed E-state index contributed by atoms with van der Waals surface area (Å²) < 4.78 is 4.85. The number of hydrogen-bond donors (Lipinski definition) is 0. The zero-order chi connectivity index (χ0) is 41.0. The van der Waals surface area contributed by atoms with Crippen molar-refractivity contribution in [3.05, 3.63) is 229 Å². The quantitative estimate of drug-likeness (QED) is 0.161. The van der Waals surface area contributed by atoms with Crippen molar-refractivity contribution in [2.45, 2.75) is 12.3 Å². The minimum Gasteiger partial charge on any atom is -0.310 e. The van der Waals surface area contributed by atoms with Crippen LogP contribution in [0.5, 0.6) is 0 Å². The molecule has 1 atom stereocenters. The van der Waals surface area contributed by atoms with E-state index in [1.807, 2.05) is 60.7 Å². The normalized spacial score (nSPS) is 13.5. The second-order valence-electron chi connectivity index (χ2n) is 16.0. The first-order chi connectivity index (χ1) is 30.7. The van der Waals surface area contributed by atoms with E-state index in [0.717, 1.165) is 45.4 Å². The molecule has 12 rings (SSSR count). The summed E-state index contributed by atoms with van der Waals surface area (Å²) >= 11 is 0. The van der Waals surface area contributed by atoms with Crippen LogP contribution in [-0.4, -0.2) is 24.1 Å². The Balaban J connectivity index is 0.941. The molecule has 0 saturated heterocycles. The van der Waals surface area contributed by atoms with Gasteiger partial charge in [0.25, 0.3) is 0 Å². The van der Waals surface area contributed by atoms with Gasteiger partial charge in [-0.05, 0) is 83.3 Å². The second kappa shape index (κ2) is 14.8. The Kier molecular flexibility index (Phi) is 8.56. The van der Waals surface area contributed by atoms with Crippen LogP contribution < -0.4 is 0 Å². The molecule has 62 heavy (non-hydrogen) atoms. The monoisotopic (exact) mass is 793 g/mol. The summed E-state index contributed by atoms with van der Waals surface area (Å²) in [5.74, 6) is 2.18. The van der Waals surface area contributed by atoms with Crippen molar-refractivity contribution >= 4 is 38.8 Å². The molecule has 0 saturated carbocycles. The Hall–Kier alpha value is -8.15. The van der Waals surface area contributed by atoms with Gasteiger partial charge in [-0.3, -0.25) is 0 Å². The van der Waals surface area contributed by atoms with Gasteiger partial charge < -0.3 is 9.13 Å². The predicted molar refractivity (Wildman–Crippen MR) is 255 cm³/mol. The van der Waals surface area contributed by atoms with Gasteiger partial charge in [0.05, 0.1) is 16.6 Å². The van der Waals surface area contributed by atoms with Gasteiger partial charge in [0.2, 0.25) is 0 Å². The molecule has 0 aliphatic heterocycles. The first kappa shape index (κ1) is 35.8. The van der Waals surface area contributed by atoms with E-state index in [1.54, 1.807) is 0 Å². The van der Waals surface area contributed by atoms with Crippen molar-refractivity contribution in [1.29, 1.82) is 0 Å². The molecule has 5 heteroatoms. The molecule has 1 unspecified atom stereocenters. The fourth-order valence-corrected chi connectivity index (χ4v) is 9.39. The van der Waals surface area contributed by atoms with Gasteiger partial charge in [0.1, 0.15) is 0 Å². The maximum Gasteiger partial charge on any atom is 0.164 e. The predicted octanol–water partition coefficient (Wildman–Crippen LogP) is 13.9. The highest BCUT2D eigenvalue weighted by molar-refractivity contribution is 6.10.